The Morgan fingerprint density at radius 1 is 1.06 bits per heavy atom. The average Bonchev–Trinajstić information content (AvgIpc) is 3.30. The lowest BCUT2D eigenvalue weighted by molar-refractivity contribution is -0.149. The fourth-order valence-electron chi connectivity index (χ4n) is 3.66. The van der Waals surface area contributed by atoms with Gasteiger partial charge in [-0.2, -0.15) is 0 Å². The van der Waals surface area contributed by atoms with E-state index in [2.05, 4.69) is 5.16 Å². The Labute approximate surface area is 180 Å². The first-order valence-electron chi connectivity index (χ1n) is 10.3. The number of morpholine rings is 1. The minimum atomic E-state index is -0.893. The zero-order chi connectivity index (χ0) is 21.6. The molecule has 0 aromatic heterocycles. The Bertz CT molecular complexity index is 960. The molecule has 162 valence electrons. The Hall–Kier alpha value is -3.26. The molecule has 1 unspecified atom stereocenters. The summed E-state index contributed by atoms with van der Waals surface area (Å²) in [5, 5.41) is 3.95. The Kier molecular flexibility index (Phi) is 6.57. The normalized spacial score (nSPS) is 18.3. The van der Waals surface area contributed by atoms with Crippen LogP contribution in [-0.4, -0.2) is 66.3 Å². The largest absolute Gasteiger partial charge is 0.382 e. The predicted molar refractivity (Wildman–Crippen MR) is 112 cm³/mol. The van der Waals surface area contributed by atoms with E-state index in [0.29, 0.717) is 37.6 Å². The fourth-order valence-corrected chi connectivity index (χ4v) is 3.66. The smallest absolute Gasteiger partial charge is 0.267 e. The number of oxime groups is 1. The minimum absolute atomic E-state index is 0.0668. The molecule has 0 bridgehead atoms. The average molecular weight is 425 g/mol. The lowest BCUT2D eigenvalue weighted by Gasteiger charge is -2.30. The third-order valence-corrected chi connectivity index (χ3v) is 5.35. The van der Waals surface area contributed by atoms with Gasteiger partial charge >= 0.3 is 0 Å². The molecule has 8 heteroatoms. The van der Waals surface area contributed by atoms with E-state index < -0.39 is 11.9 Å². The molecule has 2 heterocycles. The molecule has 2 aliphatic heterocycles. The fraction of sp³-hybridized carbons (Fsp3) is 0.348. The van der Waals surface area contributed by atoms with Gasteiger partial charge in [-0.1, -0.05) is 53.7 Å². The summed E-state index contributed by atoms with van der Waals surface area (Å²) in [6.45, 7) is 2.19. The van der Waals surface area contributed by atoms with Gasteiger partial charge in [0, 0.05) is 31.6 Å². The second-order valence-electron chi connectivity index (χ2n) is 7.49. The molecule has 2 aromatic rings. The van der Waals surface area contributed by atoms with Gasteiger partial charge in [-0.05, 0) is 11.6 Å². The van der Waals surface area contributed by atoms with E-state index in [4.69, 9.17) is 9.57 Å². The summed E-state index contributed by atoms with van der Waals surface area (Å²) < 4.78 is 19.4. The van der Waals surface area contributed by atoms with Crippen molar-refractivity contribution in [3.05, 3.63) is 71.5 Å². The molecule has 31 heavy (non-hydrogen) atoms. The topological polar surface area (TPSA) is 71.4 Å². The molecule has 0 aliphatic carbocycles. The van der Waals surface area contributed by atoms with Crippen molar-refractivity contribution < 1.29 is 23.6 Å². The molecule has 4 rings (SSSR count). The maximum absolute atomic E-state index is 14.1. The van der Waals surface area contributed by atoms with Crippen LogP contribution in [0.1, 0.15) is 17.5 Å². The van der Waals surface area contributed by atoms with Gasteiger partial charge < -0.3 is 19.4 Å². The second-order valence-corrected chi connectivity index (χ2v) is 7.49. The zero-order valence-corrected chi connectivity index (χ0v) is 17.1. The van der Waals surface area contributed by atoms with Gasteiger partial charge in [-0.25, -0.2) is 4.39 Å². The van der Waals surface area contributed by atoms with Crippen LogP contribution in [0, 0.1) is 5.82 Å². The number of amides is 2. The molecule has 7 nitrogen and oxygen atoms in total. The lowest BCUT2D eigenvalue weighted by atomic mass is 10.0. The van der Waals surface area contributed by atoms with Crippen molar-refractivity contribution in [1.82, 2.24) is 9.80 Å². The van der Waals surface area contributed by atoms with Crippen molar-refractivity contribution in [2.45, 2.75) is 19.1 Å². The monoisotopic (exact) mass is 425 g/mol. The van der Waals surface area contributed by atoms with Crippen LogP contribution in [-0.2, 0) is 25.7 Å². The van der Waals surface area contributed by atoms with E-state index in [1.165, 1.54) is 11.0 Å². The van der Waals surface area contributed by atoms with Gasteiger partial charge in [0.05, 0.1) is 18.9 Å². The van der Waals surface area contributed by atoms with Gasteiger partial charge in [-0.3, -0.25) is 9.59 Å². The van der Waals surface area contributed by atoms with E-state index in [0.717, 1.165) is 5.56 Å². The summed E-state index contributed by atoms with van der Waals surface area (Å²) >= 11 is 0. The first-order valence-corrected chi connectivity index (χ1v) is 10.3. The highest BCUT2D eigenvalue weighted by atomic mass is 19.1. The first kappa shape index (κ1) is 21.0. The summed E-state index contributed by atoms with van der Waals surface area (Å²) in [6.07, 6.45) is -0.743. The molecule has 0 spiro atoms. The number of nitrogens with zero attached hydrogens (tertiary/aromatic N) is 3. The Morgan fingerprint density at radius 3 is 2.52 bits per heavy atom. The van der Waals surface area contributed by atoms with E-state index in [1.54, 1.807) is 23.1 Å². The molecular weight excluding hydrogens is 401 g/mol. The molecule has 0 saturated carbocycles. The summed E-state index contributed by atoms with van der Waals surface area (Å²) in [5.74, 6) is -0.900. The van der Waals surface area contributed by atoms with Gasteiger partial charge in [0.25, 0.3) is 5.91 Å². The van der Waals surface area contributed by atoms with E-state index in [9.17, 15) is 14.0 Å². The van der Waals surface area contributed by atoms with E-state index in [1.807, 2.05) is 30.3 Å². The van der Waals surface area contributed by atoms with Crippen molar-refractivity contribution in [1.29, 1.82) is 0 Å². The van der Waals surface area contributed by atoms with Crippen LogP contribution in [0.15, 0.2) is 59.8 Å². The van der Waals surface area contributed by atoms with E-state index >= 15 is 0 Å². The number of hydrogen-bond acceptors (Lipinski definition) is 5. The number of ether oxygens (including phenoxy) is 1. The van der Waals surface area contributed by atoms with Gasteiger partial charge in [0.1, 0.15) is 12.4 Å². The number of benzene rings is 2. The SMILES string of the molecule is O=C(CN(Cc1ccccc1)C(=O)C1CC(c2ccccc2F)=NO1)N1CCOCC1. The predicted octanol–water partition coefficient (Wildman–Crippen LogP) is 2.21. The minimum Gasteiger partial charge on any atom is -0.382 e. The molecule has 1 atom stereocenters. The molecule has 2 aliphatic rings. The molecular formula is C23H24FN3O4. The van der Waals surface area contributed by atoms with Crippen LogP contribution in [0.4, 0.5) is 4.39 Å². The third kappa shape index (κ3) is 5.08. The number of halogens is 1. The highest BCUT2D eigenvalue weighted by Gasteiger charge is 2.34. The number of hydrogen-bond donors (Lipinski definition) is 0. The van der Waals surface area contributed by atoms with Crippen LogP contribution in [0.2, 0.25) is 0 Å². The Morgan fingerprint density at radius 2 is 1.77 bits per heavy atom. The van der Waals surface area contributed by atoms with Crippen LogP contribution in [0.3, 0.4) is 0 Å². The number of rotatable bonds is 6. The zero-order valence-electron chi connectivity index (χ0n) is 17.1. The van der Waals surface area contributed by atoms with Crippen molar-refractivity contribution in [2.24, 2.45) is 5.16 Å². The maximum Gasteiger partial charge on any atom is 0.267 e. The van der Waals surface area contributed by atoms with Gasteiger partial charge in [0.2, 0.25) is 12.0 Å². The first-order chi connectivity index (χ1) is 15.1. The van der Waals surface area contributed by atoms with Crippen LogP contribution in [0.5, 0.6) is 0 Å². The molecule has 0 N–H and O–H groups in total. The number of carbonyl (C=O) groups excluding carboxylic acids is 2. The highest BCUT2D eigenvalue weighted by Crippen LogP contribution is 2.21. The Balaban J connectivity index is 1.47. The molecule has 2 amide bonds. The maximum atomic E-state index is 14.1. The molecule has 0 radical (unpaired) electrons. The van der Waals surface area contributed by atoms with Crippen molar-refractivity contribution >= 4 is 17.5 Å². The second kappa shape index (κ2) is 9.70. The summed E-state index contributed by atoms with van der Waals surface area (Å²) in [4.78, 5) is 34.6. The third-order valence-electron chi connectivity index (χ3n) is 5.35. The van der Waals surface area contributed by atoms with Crippen LogP contribution < -0.4 is 0 Å². The number of carbonyl (C=O) groups is 2. The van der Waals surface area contributed by atoms with Crippen molar-refractivity contribution in [2.75, 3.05) is 32.8 Å². The van der Waals surface area contributed by atoms with Gasteiger partial charge in [0.15, 0.2) is 0 Å². The molecule has 1 fully saturated rings. The lowest BCUT2D eigenvalue weighted by Crippen LogP contribution is -2.48. The standard InChI is InChI=1S/C23H24FN3O4/c24-19-9-5-4-8-18(19)20-14-21(31-25-20)23(29)27(15-17-6-2-1-3-7-17)16-22(28)26-10-12-30-13-11-26/h1-9,21H,10-16H2. The molecule has 2 aromatic carbocycles. The van der Waals surface area contributed by atoms with E-state index in [-0.39, 0.29) is 31.3 Å². The quantitative estimate of drug-likeness (QED) is 0.712. The van der Waals surface area contributed by atoms with Crippen molar-refractivity contribution in [3.8, 4) is 0 Å². The highest BCUT2D eigenvalue weighted by molar-refractivity contribution is 6.04. The summed E-state index contributed by atoms with van der Waals surface area (Å²) in [7, 11) is 0. The summed E-state index contributed by atoms with van der Waals surface area (Å²) in [6, 6.07) is 15.7. The van der Waals surface area contributed by atoms with Gasteiger partial charge in [-0.15, -0.1) is 0 Å². The van der Waals surface area contributed by atoms with Crippen molar-refractivity contribution in [3.63, 3.8) is 0 Å². The van der Waals surface area contributed by atoms with Crippen LogP contribution >= 0.6 is 0 Å². The summed E-state index contributed by atoms with van der Waals surface area (Å²) in [5.41, 5.74) is 1.60. The van der Waals surface area contributed by atoms with Crippen LogP contribution in [0.25, 0.3) is 0 Å². The molecule has 1 saturated heterocycles.